The highest BCUT2D eigenvalue weighted by atomic mass is 79.9. The number of benzene rings is 2. The fraction of sp³-hybridized carbons (Fsp3) is 0.227. The summed E-state index contributed by atoms with van der Waals surface area (Å²) in [7, 11) is -2.45. The van der Waals surface area contributed by atoms with Gasteiger partial charge in [-0.3, -0.25) is 4.68 Å². The third-order valence-electron chi connectivity index (χ3n) is 4.97. The predicted molar refractivity (Wildman–Crippen MR) is 132 cm³/mol. The molecule has 31 heavy (non-hydrogen) atoms. The second kappa shape index (κ2) is 8.44. The van der Waals surface area contributed by atoms with Crippen LogP contribution in [0.3, 0.4) is 0 Å². The average Bonchev–Trinajstić information content (AvgIpc) is 3.05. The Morgan fingerprint density at radius 3 is 2.65 bits per heavy atom. The van der Waals surface area contributed by atoms with Gasteiger partial charge in [-0.25, -0.2) is 4.98 Å². The van der Waals surface area contributed by atoms with Crippen LogP contribution in [0.5, 0.6) is 0 Å². The van der Waals surface area contributed by atoms with Crippen molar-refractivity contribution in [3.63, 3.8) is 0 Å². The first-order valence-electron chi connectivity index (χ1n) is 9.94. The Kier molecular flexibility index (Phi) is 5.86. The second-order valence-corrected chi connectivity index (χ2v) is 11.7. The van der Waals surface area contributed by atoms with Crippen LogP contribution in [-0.2, 0) is 11.1 Å². The molecule has 2 aromatic carbocycles. The smallest absolute Gasteiger partial charge is 0.229 e. The van der Waals surface area contributed by atoms with Crippen LogP contribution in [0.15, 0.2) is 53.1 Å². The molecule has 0 aliphatic heterocycles. The number of anilines is 4. The number of hydrogen-bond donors (Lipinski definition) is 2. The molecule has 0 unspecified atom stereocenters. The summed E-state index contributed by atoms with van der Waals surface area (Å²) in [6.45, 7) is 8.43. The van der Waals surface area contributed by atoms with Crippen molar-refractivity contribution >= 4 is 62.4 Å². The molecule has 2 heterocycles. The number of para-hydroxylation sites is 1. The second-order valence-electron chi connectivity index (χ2n) is 7.64. The molecule has 0 saturated carbocycles. The Labute approximate surface area is 189 Å². The number of halogens is 1. The van der Waals surface area contributed by atoms with Crippen molar-refractivity contribution in [2.75, 3.05) is 24.0 Å². The number of hydrogen-bond acceptors (Lipinski definition) is 6. The minimum atomic E-state index is -2.45. The van der Waals surface area contributed by atoms with Gasteiger partial charge in [-0.2, -0.15) is 10.1 Å². The first-order valence-corrected chi connectivity index (χ1v) is 13.3. The summed E-state index contributed by atoms with van der Waals surface area (Å²) >= 11 is 3.51. The molecule has 0 atom stereocenters. The van der Waals surface area contributed by atoms with Gasteiger partial charge in [0, 0.05) is 29.1 Å². The van der Waals surface area contributed by atoms with E-state index in [1.54, 1.807) is 19.5 Å². The van der Waals surface area contributed by atoms with Crippen molar-refractivity contribution in [2.45, 2.75) is 20.4 Å². The summed E-state index contributed by atoms with van der Waals surface area (Å²) in [5.74, 6) is 1.05. The van der Waals surface area contributed by atoms with E-state index in [9.17, 15) is 4.57 Å². The maximum absolute atomic E-state index is 12.7. The number of nitrogens with zero attached hydrogens (tertiary/aromatic N) is 4. The number of aryl methyl sites for hydroxylation is 2. The van der Waals surface area contributed by atoms with Gasteiger partial charge in [-0.15, -0.1) is 0 Å². The van der Waals surface area contributed by atoms with Crippen LogP contribution >= 0.6 is 23.1 Å². The van der Waals surface area contributed by atoms with Gasteiger partial charge in [-0.05, 0) is 73.4 Å². The summed E-state index contributed by atoms with van der Waals surface area (Å²) in [6.07, 6.45) is 1.69. The molecule has 7 nitrogen and oxygen atoms in total. The molecule has 0 aliphatic rings. The quantitative estimate of drug-likeness (QED) is 0.334. The summed E-state index contributed by atoms with van der Waals surface area (Å²) in [4.78, 5) is 9.01. The van der Waals surface area contributed by atoms with Crippen LogP contribution in [0.25, 0.3) is 10.9 Å². The van der Waals surface area contributed by atoms with Crippen molar-refractivity contribution in [1.82, 2.24) is 19.7 Å². The molecule has 0 radical (unpaired) electrons. The van der Waals surface area contributed by atoms with E-state index in [1.807, 2.05) is 41.9 Å². The van der Waals surface area contributed by atoms with E-state index in [2.05, 4.69) is 60.7 Å². The highest BCUT2D eigenvalue weighted by molar-refractivity contribution is 9.10. The standard InChI is InChI=1S/C22H24BrN6OP/c1-5-29-19-11-10-15(12-16(19)14(2)28-29)25-22-24-13-17(23)21(27-22)26-18-8-6-7-9-20(18)31(3,4)30/h6-13H,5H2,1-4H3,(H2,24,25,26,27). The number of fused-ring (bicyclic) bond motifs is 1. The normalized spacial score (nSPS) is 11.6. The fourth-order valence-electron chi connectivity index (χ4n) is 3.48. The van der Waals surface area contributed by atoms with Gasteiger partial charge in [0.25, 0.3) is 0 Å². The highest BCUT2D eigenvalue weighted by Gasteiger charge is 2.17. The summed E-state index contributed by atoms with van der Waals surface area (Å²) < 4.78 is 15.4. The molecule has 4 aromatic rings. The van der Waals surface area contributed by atoms with Crippen molar-refractivity contribution in [3.8, 4) is 0 Å². The van der Waals surface area contributed by atoms with Gasteiger partial charge in [0.05, 0.1) is 21.4 Å². The van der Waals surface area contributed by atoms with E-state index < -0.39 is 7.14 Å². The monoisotopic (exact) mass is 498 g/mol. The van der Waals surface area contributed by atoms with Crippen molar-refractivity contribution in [1.29, 1.82) is 0 Å². The van der Waals surface area contributed by atoms with E-state index in [4.69, 9.17) is 0 Å². The van der Waals surface area contributed by atoms with E-state index in [0.29, 0.717) is 16.2 Å². The largest absolute Gasteiger partial charge is 0.339 e. The molecule has 0 spiro atoms. The molecule has 9 heteroatoms. The molecular weight excluding hydrogens is 475 g/mol. The first-order chi connectivity index (χ1) is 14.8. The van der Waals surface area contributed by atoms with Crippen molar-refractivity contribution in [2.24, 2.45) is 0 Å². The van der Waals surface area contributed by atoms with E-state index in [0.717, 1.165) is 39.8 Å². The van der Waals surface area contributed by atoms with E-state index >= 15 is 0 Å². The van der Waals surface area contributed by atoms with Crippen LogP contribution in [0, 0.1) is 6.92 Å². The zero-order valence-corrected chi connectivity index (χ0v) is 20.3. The molecule has 160 valence electrons. The lowest BCUT2D eigenvalue weighted by Crippen LogP contribution is -2.11. The molecule has 2 aromatic heterocycles. The average molecular weight is 499 g/mol. The third-order valence-corrected chi connectivity index (χ3v) is 7.10. The van der Waals surface area contributed by atoms with Crippen LogP contribution in [0.4, 0.5) is 23.1 Å². The molecular formula is C22H24BrN6OP. The lowest BCUT2D eigenvalue weighted by atomic mass is 10.2. The zero-order valence-electron chi connectivity index (χ0n) is 17.8. The van der Waals surface area contributed by atoms with E-state index in [1.165, 1.54) is 0 Å². The lowest BCUT2D eigenvalue weighted by Gasteiger charge is -2.16. The Morgan fingerprint density at radius 1 is 1.13 bits per heavy atom. The number of nitrogens with one attached hydrogen (secondary N) is 2. The topological polar surface area (TPSA) is 84.7 Å². The summed E-state index contributed by atoms with van der Waals surface area (Å²) in [5, 5.41) is 13.0. The summed E-state index contributed by atoms with van der Waals surface area (Å²) in [5.41, 5.74) is 3.74. The molecule has 0 aliphatic carbocycles. The molecule has 0 bridgehead atoms. The van der Waals surface area contributed by atoms with Gasteiger partial charge >= 0.3 is 0 Å². The highest BCUT2D eigenvalue weighted by Crippen LogP contribution is 2.38. The van der Waals surface area contributed by atoms with Crippen LogP contribution in [-0.4, -0.2) is 33.1 Å². The lowest BCUT2D eigenvalue weighted by molar-refractivity contribution is 0.588. The minimum Gasteiger partial charge on any atom is -0.339 e. The van der Waals surface area contributed by atoms with Gasteiger partial charge in [0.1, 0.15) is 13.0 Å². The maximum Gasteiger partial charge on any atom is 0.229 e. The Balaban J connectivity index is 1.64. The third kappa shape index (κ3) is 4.50. The minimum absolute atomic E-state index is 0.458. The summed E-state index contributed by atoms with van der Waals surface area (Å²) in [6, 6.07) is 13.7. The zero-order chi connectivity index (χ0) is 22.2. The molecule has 0 saturated heterocycles. The van der Waals surface area contributed by atoms with Crippen LogP contribution in [0.2, 0.25) is 0 Å². The Hall–Kier alpha value is -2.70. The van der Waals surface area contributed by atoms with E-state index in [-0.39, 0.29) is 0 Å². The van der Waals surface area contributed by atoms with Crippen LogP contribution in [0.1, 0.15) is 12.6 Å². The van der Waals surface area contributed by atoms with Gasteiger partial charge < -0.3 is 15.2 Å². The van der Waals surface area contributed by atoms with Crippen LogP contribution < -0.4 is 15.9 Å². The SMILES string of the molecule is CCn1nc(C)c2cc(Nc3ncc(Br)c(Nc4ccccc4P(C)(C)=O)n3)ccc21. The molecule has 4 rings (SSSR count). The molecule has 2 N–H and O–H groups in total. The number of rotatable bonds is 6. The number of aromatic nitrogens is 4. The predicted octanol–water partition coefficient (Wildman–Crippen LogP) is 5.65. The Bertz CT molecular complexity index is 1310. The first kappa shape index (κ1) is 21.5. The molecule has 0 amide bonds. The van der Waals surface area contributed by atoms with Gasteiger partial charge in [0.15, 0.2) is 0 Å². The van der Waals surface area contributed by atoms with Crippen molar-refractivity contribution < 1.29 is 4.57 Å². The van der Waals surface area contributed by atoms with Gasteiger partial charge in [0.2, 0.25) is 5.95 Å². The van der Waals surface area contributed by atoms with Crippen molar-refractivity contribution in [3.05, 3.63) is 58.8 Å². The molecule has 0 fully saturated rings. The van der Waals surface area contributed by atoms with Gasteiger partial charge in [-0.1, -0.05) is 12.1 Å². The fourth-order valence-corrected chi connectivity index (χ4v) is 4.92. The Morgan fingerprint density at radius 2 is 1.90 bits per heavy atom. The maximum atomic E-state index is 12.7.